The summed E-state index contributed by atoms with van der Waals surface area (Å²) in [4.78, 5) is 12.3. The fourth-order valence-electron chi connectivity index (χ4n) is 2.47. The number of rotatable bonds is 5. The van der Waals surface area contributed by atoms with Gasteiger partial charge in [-0.05, 0) is 29.3 Å². The molecule has 1 amide bonds. The molecule has 4 nitrogen and oxygen atoms in total. The molecule has 1 atom stereocenters. The van der Waals surface area contributed by atoms with Crippen LogP contribution in [0.4, 0.5) is 0 Å². The Kier molecular flexibility index (Phi) is 4.21. The highest BCUT2D eigenvalue weighted by molar-refractivity contribution is 6.06. The van der Waals surface area contributed by atoms with Crippen molar-refractivity contribution in [3.63, 3.8) is 0 Å². The van der Waals surface area contributed by atoms with Gasteiger partial charge < -0.3 is 14.8 Å². The summed E-state index contributed by atoms with van der Waals surface area (Å²) in [6.45, 7) is 0.397. The fraction of sp³-hybridized carbons (Fsp3) is 0.167. The maximum absolute atomic E-state index is 12.3. The van der Waals surface area contributed by atoms with Gasteiger partial charge in [0.05, 0.1) is 18.6 Å². The third-order valence-corrected chi connectivity index (χ3v) is 3.67. The van der Waals surface area contributed by atoms with Crippen molar-refractivity contribution in [1.29, 1.82) is 0 Å². The van der Waals surface area contributed by atoms with Crippen LogP contribution in [0.15, 0.2) is 65.5 Å². The molecule has 3 aromatic rings. The molecule has 0 aliphatic carbocycles. The highest BCUT2D eigenvalue weighted by Gasteiger charge is 2.12. The number of amides is 1. The van der Waals surface area contributed by atoms with Gasteiger partial charge in [-0.3, -0.25) is 4.79 Å². The van der Waals surface area contributed by atoms with Crippen LogP contribution in [0.25, 0.3) is 10.8 Å². The van der Waals surface area contributed by atoms with Gasteiger partial charge >= 0.3 is 0 Å². The standard InChI is InChI=1S/C18H17NO3/c20-17(14-9-11-22-12-14)8-10-19-18(21)16-7-3-5-13-4-1-2-6-15(13)16/h1-7,9,11-12,17,20H,8,10H2,(H,19,21). The summed E-state index contributed by atoms with van der Waals surface area (Å²) >= 11 is 0. The van der Waals surface area contributed by atoms with Crippen molar-refractivity contribution in [2.75, 3.05) is 6.54 Å². The lowest BCUT2D eigenvalue weighted by Crippen LogP contribution is -2.25. The fourth-order valence-corrected chi connectivity index (χ4v) is 2.47. The molecule has 0 bridgehead atoms. The van der Waals surface area contributed by atoms with E-state index in [1.807, 2.05) is 42.5 Å². The molecule has 3 rings (SSSR count). The number of aliphatic hydroxyl groups excluding tert-OH is 1. The van der Waals surface area contributed by atoms with Gasteiger partial charge in [0, 0.05) is 17.7 Å². The quantitative estimate of drug-likeness (QED) is 0.759. The van der Waals surface area contributed by atoms with E-state index in [1.54, 1.807) is 6.07 Å². The van der Waals surface area contributed by atoms with E-state index in [9.17, 15) is 9.90 Å². The highest BCUT2D eigenvalue weighted by atomic mass is 16.3. The molecule has 0 aliphatic rings. The predicted molar refractivity (Wildman–Crippen MR) is 84.6 cm³/mol. The molecular weight excluding hydrogens is 278 g/mol. The molecule has 0 spiro atoms. The van der Waals surface area contributed by atoms with Crippen LogP contribution in [-0.2, 0) is 0 Å². The van der Waals surface area contributed by atoms with Crippen molar-refractivity contribution < 1.29 is 14.3 Å². The molecule has 2 aromatic carbocycles. The van der Waals surface area contributed by atoms with E-state index in [4.69, 9.17) is 4.42 Å². The highest BCUT2D eigenvalue weighted by Crippen LogP contribution is 2.19. The molecule has 1 heterocycles. The molecule has 1 aromatic heterocycles. The predicted octanol–water partition coefficient (Wildman–Crippen LogP) is 3.29. The minimum absolute atomic E-state index is 0.129. The van der Waals surface area contributed by atoms with Gasteiger partial charge in [-0.15, -0.1) is 0 Å². The molecule has 1 unspecified atom stereocenters. The molecule has 22 heavy (non-hydrogen) atoms. The molecule has 0 saturated carbocycles. The Hall–Kier alpha value is -2.59. The van der Waals surface area contributed by atoms with E-state index in [0.717, 1.165) is 16.3 Å². The number of carbonyl (C=O) groups excluding carboxylic acids is 1. The summed E-state index contributed by atoms with van der Waals surface area (Å²) in [5.41, 5.74) is 1.37. The maximum Gasteiger partial charge on any atom is 0.251 e. The first-order chi connectivity index (χ1) is 10.8. The molecule has 0 aliphatic heterocycles. The zero-order valence-corrected chi connectivity index (χ0v) is 12.0. The first kappa shape index (κ1) is 14.4. The lowest BCUT2D eigenvalue weighted by Gasteiger charge is -2.10. The van der Waals surface area contributed by atoms with E-state index in [-0.39, 0.29) is 5.91 Å². The van der Waals surface area contributed by atoms with Gasteiger partial charge in [0.1, 0.15) is 0 Å². The van der Waals surface area contributed by atoms with Crippen LogP contribution < -0.4 is 5.32 Å². The van der Waals surface area contributed by atoms with Crippen LogP contribution in [0.1, 0.15) is 28.4 Å². The Balaban J connectivity index is 1.64. The lowest BCUT2D eigenvalue weighted by molar-refractivity contribution is 0.0944. The average Bonchev–Trinajstić information content (AvgIpc) is 3.08. The minimum atomic E-state index is -0.633. The third kappa shape index (κ3) is 3.02. The molecule has 2 N–H and O–H groups in total. The first-order valence-electron chi connectivity index (χ1n) is 7.22. The van der Waals surface area contributed by atoms with Crippen LogP contribution in [0.2, 0.25) is 0 Å². The number of fused-ring (bicyclic) bond motifs is 1. The Morgan fingerprint density at radius 1 is 1.14 bits per heavy atom. The van der Waals surface area contributed by atoms with Crippen molar-refractivity contribution in [2.45, 2.75) is 12.5 Å². The Morgan fingerprint density at radius 2 is 1.95 bits per heavy atom. The number of hydrogen-bond donors (Lipinski definition) is 2. The first-order valence-corrected chi connectivity index (χ1v) is 7.22. The van der Waals surface area contributed by atoms with Gasteiger partial charge in [-0.1, -0.05) is 36.4 Å². The monoisotopic (exact) mass is 295 g/mol. The molecular formula is C18H17NO3. The van der Waals surface area contributed by atoms with Crippen molar-refractivity contribution >= 4 is 16.7 Å². The van der Waals surface area contributed by atoms with E-state index in [0.29, 0.717) is 18.5 Å². The van der Waals surface area contributed by atoms with E-state index >= 15 is 0 Å². The number of carbonyl (C=O) groups is 1. The summed E-state index contributed by atoms with van der Waals surface area (Å²) in [5.74, 6) is -0.129. The van der Waals surface area contributed by atoms with Gasteiger partial charge in [-0.25, -0.2) is 0 Å². The minimum Gasteiger partial charge on any atom is -0.472 e. The zero-order valence-electron chi connectivity index (χ0n) is 12.0. The molecule has 112 valence electrons. The second-order valence-electron chi connectivity index (χ2n) is 5.14. The Morgan fingerprint density at radius 3 is 2.77 bits per heavy atom. The second kappa shape index (κ2) is 6.45. The van der Waals surface area contributed by atoms with E-state index < -0.39 is 6.10 Å². The van der Waals surface area contributed by atoms with Crippen LogP contribution in [-0.4, -0.2) is 17.6 Å². The lowest BCUT2D eigenvalue weighted by atomic mass is 10.0. The van der Waals surface area contributed by atoms with Crippen LogP contribution in [0.3, 0.4) is 0 Å². The van der Waals surface area contributed by atoms with Gasteiger partial charge in [0.25, 0.3) is 5.91 Å². The van der Waals surface area contributed by atoms with Crippen LogP contribution in [0, 0.1) is 0 Å². The van der Waals surface area contributed by atoms with Gasteiger partial charge in [0.2, 0.25) is 0 Å². The normalized spacial score (nSPS) is 12.2. The zero-order chi connectivity index (χ0) is 15.4. The van der Waals surface area contributed by atoms with Crippen molar-refractivity contribution in [1.82, 2.24) is 5.32 Å². The summed E-state index contributed by atoms with van der Waals surface area (Å²) < 4.78 is 4.93. The summed E-state index contributed by atoms with van der Waals surface area (Å²) in [6.07, 6.45) is 2.84. The number of nitrogens with one attached hydrogen (secondary N) is 1. The molecule has 0 saturated heterocycles. The average molecular weight is 295 g/mol. The Bertz CT molecular complexity index is 760. The molecule has 0 fully saturated rings. The van der Waals surface area contributed by atoms with Crippen molar-refractivity contribution in [2.24, 2.45) is 0 Å². The molecule has 0 radical (unpaired) electrons. The number of hydrogen-bond acceptors (Lipinski definition) is 3. The number of furan rings is 1. The van der Waals surface area contributed by atoms with Crippen molar-refractivity contribution in [3.8, 4) is 0 Å². The largest absolute Gasteiger partial charge is 0.472 e. The van der Waals surface area contributed by atoms with E-state index in [1.165, 1.54) is 12.5 Å². The SMILES string of the molecule is O=C(NCCC(O)c1ccoc1)c1cccc2ccccc12. The topological polar surface area (TPSA) is 62.5 Å². The van der Waals surface area contributed by atoms with Gasteiger partial charge in [0.15, 0.2) is 0 Å². The van der Waals surface area contributed by atoms with Gasteiger partial charge in [-0.2, -0.15) is 0 Å². The maximum atomic E-state index is 12.3. The second-order valence-corrected chi connectivity index (χ2v) is 5.14. The smallest absolute Gasteiger partial charge is 0.251 e. The summed E-state index contributed by atoms with van der Waals surface area (Å²) in [7, 11) is 0. The summed E-state index contributed by atoms with van der Waals surface area (Å²) in [6, 6.07) is 15.2. The Labute approximate surface area is 128 Å². The third-order valence-electron chi connectivity index (χ3n) is 3.67. The number of benzene rings is 2. The number of aliphatic hydroxyl groups is 1. The molecule has 4 heteroatoms. The van der Waals surface area contributed by atoms with E-state index in [2.05, 4.69) is 5.32 Å². The van der Waals surface area contributed by atoms with Crippen molar-refractivity contribution in [3.05, 3.63) is 72.2 Å². The summed E-state index contributed by atoms with van der Waals surface area (Å²) in [5, 5.41) is 14.8. The van der Waals surface area contributed by atoms with Crippen LogP contribution in [0.5, 0.6) is 0 Å². The van der Waals surface area contributed by atoms with Crippen LogP contribution >= 0.6 is 0 Å².